The molecule has 2 amide bonds. The topological polar surface area (TPSA) is 90.8 Å². The van der Waals surface area contributed by atoms with Gasteiger partial charge in [-0.3, -0.25) is 4.90 Å². The van der Waals surface area contributed by atoms with E-state index in [0.29, 0.717) is 28.3 Å². The van der Waals surface area contributed by atoms with Crippen molar-refractivity contribution in [3.8, 4) is 5.75 Å². The Morgan fingerprint density at radius 1 is 1.09 bits per heavy atom. The molecule has 0 bridgehead atoms. The van der Waals surface area contributed by atoms with Gasteiger partial charge in [0.1, 0.15) is 12.3 Å². The van der Waals surface area contributed by atoms with E-state index in [4.69, 9.17) is 4.74 Å². The van der Waals surface area contributed by atoms with Gasteiger partial charge < -0.3 is 15.2 Å². The maximum absolute atomic E-state index is 13.5. The Hall–Kier alpha value is -3.86. The van der Waals surface area contributed by atoms with E-state index < -0.39 is 18.8 Å². The number of aliphatic hydroxyl groups is 1. The third-order valence-corrected chi connectivity index (χ3v) is 5.01. The molecule has 0 unspecified atom stereocenters. The van der Waals surface area contributed by atoms with Crippen LogP contribution in [0.5, 0.6) is 5.75 Å². The second-order valence-corrected chi connectivity index (χ2v) is 7.24. The summed E-state index contributed by atoms with van der Waals surface area (Å²) in [6.07, 6.45) is -3.04. The Morgan fingerprint density at radius 3 is 2.36 bits per heavy atom. The molecule has 0 atom stereocenters. The van der Waals surface area contributed by atoms with E-state index >= 15 is 0 Å². The van der Waals surface area contributed by atoms with E-state index in [9.17, 15) is 23.1 Å². The number of nitrogens with zero attached hydrogens (tertiary/aromatic N) is 4. The maximum Gasteiger partial charge on any atom is 0.405 e. The van der Waals surface area contributed by atoms with Crippen LogP contribution >= 0.6 is 0 Å². The first-order valence-corrected chi connectivity index (χ1v) is 9.91. The number of aliphatic hydroxyl groups excluding tert-OH is 1. The number of aromatic nitrogens is 2. The number of hydrogen-bond acceptors (Lipinski definition) is 6. The molecule has 4 rings (SSSR count). The van der Waals surface area contributed by atoms with E-state index in [1.807, 2.05) is 0 Å². The Labute approximate surface area is 187 Å². The Bertz CT molecular complexity index is 1140. The Balaban J connectivity index is 1.75. The Morgan fingerprint density at radius 2 is 1.76 bits per heavy atom. The number of amides is 2. The van der Waals surface area contributed by atoms with Crippen LogP contribution in [0.2, 0.25) is 0 Å². The number of carbonyl (C=O) groups excluding carboxylic acids is 1. The molecule has 1 aliphatic rings. The number of fused-ring (bicyclic) bond motifs is 1. The van der Waals surface area contributed by atoms with Gasteiger partial charge >= 0.3 is 12.2 Å². The van der Waals surface area contributed by atoms with Crippen LogP contribution in [0.25, 0.3) is 0 Å². The molecular weight excluding hydrogens is 439 g/mol. The lowest BCUT2D eigenvalue weighted by Crippen LogP contribution is -2.45. The predicted molar refractivity (Wildman–Crippen MR) is 116 cm³/mol. The quantitative estimate of drug-likeness (QED) is 0.573. The molecule has 0 fully saturated rings. The molecule has 3 aromatic rings. The summed E-state index contributed by atoms with van der Waals surface area (Å²) in [4.78, 5) is 24.6. The van der Waals surface area contributed by atoms with Gasteiger partial charge in [-0.1, -0.05) is 12.1 Å². The summed E-state index contributed by atoms with van der Waals surface area (Å²) in [5.74, 6) is 0.568. The molecular formula is C22H20F3N5O3. The van der Waals surface area contributed by atoms with E-state index in [2.05, 4.69) is 15.3 Å². The zero-order valence-electron chi connectivity index (χ0n) is 17.5. The molecule has 8 nitrogen and oxygen atoms in total. The van der Waals surface area contributed by atoms with Crippen LogP contribution in [0, 0.1) is 0 Å². The molecule has 0 aliphatic carbocycles. The van der Waals surface area contributed by atoms with Gasteiger partial charge in [0.2, 0.25) is 5.95 Å². The van der Waals surface area contributed by atoms with Gasteiger partial charge in [0.15, 0.2) is 5.82 Å². The number of methoxy groups -OCH3 is 1. The molecule has 33 heavy (non-hydrogen) atoms. The van der Waals surface area contributed by atoms with E-state index in [-0.39, 0.29) is 24.9 Å². The average molecular weight is 459 g/mol. The van der Waals surface area contributed by atoms with Gasteiger partial charge in [0.25, 0.3) is 0 Å². The summed E-state index contributed by atoms with van der Waals surface area (Å²) in [5, 5.41) is 11.5. The second kappa shape index (κ2) is 8.94. The average Bonchev–Trinajstić information content (AvgIpc) is 2.82. The van der Waals surface area contributed by atoms with Crippen molar-refractivity contribution in [1.82, 2.24) is 9.97 Å². The van der Waals surface area contributed by atoms with E-state index in [0.717, 1.165) is 0 Å². The molecule has 11 heteroatoms. The van der Waals surface area contributed by atoms with Crippen molar-refractivity contribution in [1.29, 1.82) is 0 Å². The predicted octanol–water partition coefficient (Wildman–Crippen LogP) is 4.23. The van der Waals surface area contributed by atoms with Gasteiger partial charge in [-0.15, -0.1) is 0 Å². The van der Waals surface area contributed by atoms with Crippen LogP contribution in [0.1, 0.15) is 11.1 Å². The fourth-order valence-electron chi connectivity index (χ4n) is 3.36. The smallest absolute Gasteiger partial charge is 0.405 e. The highest BCUT2D eigenvalue weighted by Gasteiger charge is 2.35. The minimum absolute atomic E-state index is 0.130. The number of alkyl halides is 3. The highest BCUT2D eigenvalue weighted by molar-refractivity contribution is 6.10. The summed E-state index contributed by atoms with van der Waals surface area (Å²) in [6.45, 7) is -1.34. The third-order valence-electron chi connectivity index (χ3n) is 5.01. The van der Waals surface area contributed by atoms with Gasteiger partial charge in [-0.2, -0.15) is 18.2 Å². The van der Waals surface area contributed by atoms with E-state index in [1.54, 1.807) is 48.5 Å². The fourth-order valence-corrected chi connectivity index (χ4v) is 3.36. The standard InChI is InChI=1S/C22H20F3N5O3/c1-33-18-8-6-16(7-9-18)29-11-15-10-26-20(27-13-22(23,24)25)28-19(15)30(21(29)32)17-4-2-14(12-31)3-5-17/h2-10,31H,11-13H2,1H3,(H,26,27,28). The summed E-state index contributed by atoms with van der Waals surface area (Å²) in [5.41, 5.74) is 2.24. The van der Waals surface area contributed by atoms with Crippen molar-refractivity contribution >= 4 is 29.2 Å². The van der Waals surface area contributed by atoms with Gasteiger partial charge in [0, 0.05) is 17.4 Å². The molecule has 2 N–H and O–H groups in total. The van der Waals surface area contributed by atoms with Crippen LogP contribution in [0.15, 0.2) is 54.7 Å². The number of rotatable bonds is 6. The highest BCUT2D eigenvalue weighted by atomic mass is 19.4. The molecule has 2 aromatic carbocycles. The molecule has 0 saturated carbocycles. The van der Waals surface area contributed by atoms with Crippen LogP contribution < -0.4 is 19.9 Å². The lowest BCUT2D eigenvalue weighted by atomic mass is 10.1. The summed E-state index contributed by atoms with van der Waals surface area (Å²) in [6, 6.07) is 13.0. The number of urea groups is 1. The zero-order valence-corrected chi connectivity index (χ0v) is 17.5. The van der Waals surface area contributed by atoms with Crippen molar-refractivity contribution in [2.45, 2.75) is 19.3 Å². The minimum Gasteiger partial charge on any atom is -0.497 e. The van der Waals surface area contributed by atoms with Gasteiger partial charge in [-0.25, -0.2) is 14.7 Å². The largest absolute Gasteiger partial charge is 0.497 e. The number of benzene rings is 2. The molecule has 0 radical (unpaired) electrons. The first-order chi connectivity index (χ1) is 15.8. The van der Waals surface area contributed by atoms with Crippen LogP contribution in [-0.2, 0) is 13.2 Å². The number of carbonyl (C=O) groups is 1. The van der Waals surface area contributed by atoms with Crippen LogP contribution in [-0.4, -0.2) is 40.9 Å². The SMILES string of the molecule is COc1ccc(N2Cc3cnc(NCC(F)(F)F)nc3N(c3ccc(CO)cc3)C2=O)cc1. The number of nitrogens with one attached hydrogen (secondary N) is 1. The van der Waals surface area contributed by atoms with Gasteiger partial charge in [0.05, 0.1) is 25.9 Å². The lowest BCUT2D eigenvalue weighted by Gasteiger charge is -2.36. The minimum atomic E-state index is -4.44. The van der Waals surface area contributed by atoms with Crippen LogP contribution in [0.3, 0.4) is 0 Å². The number of ether oxygens (including phenoxy) is 1. The zero-order chi connectivity index (χ0) is 23.6. The molecule has 172 valence electrons. The first kappa shape index (κ1) is 22.3. The Kier molecular flexibility index (Phi) is 6.05. The molecule has 2 heterocycles. The van der Waals surface area contributed by atoms with E-state index in [1.165, 1.54) is 23.1 Å². The van der Waals surface area contributed by atoms with Crippen molar-refractivity contribution < 1.29 is 27.8 Å². The molecule has 0 saturated heterocycles. The number of anilines is 4. The van der Waals surface area contributed by atoms with Crippen molar-refractivity contribution in [3.63, 3.8) is 0 Å². The first-order valence-electron chi connectivity index (χ1n) is 9.91. The van der Waals surface area contributed by atoms with Crippen molar-refractivity contribution in [3.05, 3.63) is 65.9 Å². The normalized spacial score (nSPS) is 13.7. The maximum atomic E-state index is 13.5. The monoisotopic (exact) mass is 459 g/mol. The summed E-state index contributed by atoms with van der Waals surface area (Å²) < 4.78 is 43.1. The lowest BCUT2D eigenvalue weighted by molar-refractivity contribution is -0.115. The fraction of sp³-hybridized carbons (Fsp3) is 0.227. The number of halogens is 3. The molecule has 1 aromatic heterocycles. The highest BCUT2D eigenvalue weighted by Crippen LogP contribution is 2.36. The summed E-state index contributed by atoms with van der Waals surface area (Å²) in [7, 11) is 1.54. The second-order valence-electron chi connectivity index (χ2n) is 7.24. The third kappa shape index (κ3) is 4.82. The van der Waals surface area contributed by atoms with Crippen LogP contribution in [0.4, 0.5) is 41.1 Å². The molecule has 0 spiro atoms. The van der Waals surface area contributed by atoms with Crippen molar-refractivity contribution in [2.75, 3.05) is 28.8 Å². The summed E-state index contributed by atoms with van der Waals surface area (Å²) >= 11 is 0. The van der Waals surface area contributed by atoms with Gasteiger partial charge in [-0.05, 0) is 42.0 Å². The molecule has 1 aliphatic heterocycles. The number of hydrogen-bond donors (Lipinski definition) is 2. The van der Waals surface area contributed by atoms with Crippen molar-refractivity contribution in [2.24, 2.45) is 0 Å².